The van der Waals surface area contributed by atoms with E-state index >= 15 is 0 Å². The van der Waals surface area contributed by atoms with Gasteiger partial charge in [0.05, 0.1) is 19.5 Å². The van der Waals surface area contributed by atoms with Gasteiger partial charge in [-0.2, -0.15) is 4.98 Å². The molecule has 0 spiro atoms. The van der Waals surface area contributed by atoms with Gasteiger partial charge in [-0.05, 0) is 36.8 Å². The summed E-state index contributed by atoms with van der Waals surface area (Å²) < 4.78 is 42.8. The molecule has 0 saturated carbocycles. The molecule has 3 heterocycles. The summed E-state index contributed by atoms with van der Waals surface area (Å²) in [5.74, 6) is -0.848. The van der Waals surface area contributed by atoms with E-state index in [0.29, 0.717) is 10.6 Å². The number of hydrogen-bond acceptors (Lipinski definition) is 11. The number of rotatable bonds is 12. The molecule has 41 heavy (non-hydrogen) atoms. The fraction of sp³-hybridized carbons (Fsp3) is 0.231. The van der Waals surface area contributed by atoms with Crippen LogP contribution < -0.4 is 17.1 Å². The van der Waals surface area contributed by atoms with Crippen LogP contribution in [0.2, 0.25) is 5.02 Å². The summed E-state index contributed by atoms with van der Waals surface area (Å²) >= 11 is 5.96. The van der Waals surface area contributed by atoms with Crippen LogP contribution in [0, 0.1) is 6.92 Å². The van der Waals surface area contributed by atoms with Gasteiger partial charge in [0.1, 0.15) is 13.0 Å². The predicted octanol–water partition coefficient (Wildman–Crippen LogP) is 4.48. The van der Waals surface area contributed by atoms with Gasteiger partial charge in [0.25, 0.3) is 5.56 Å². The van der Waals surface area contributed by atoms with E-state index < -0.39 is 31.9 Å². The number of aryl methyl sites for hydroxylation is 1. The number of nitrogens with two attached hydrogens (primary N) is 1. The highest BCUT2D eigenvalue weighted by molar-refractivity contribution is 7.53. The van der Waals surface area contributed by atoms with Crippen LogP contribution in [0.15, 0.2) is 73.3 Å². The van der Waals surface area contributed by atoms with E-state index in [9.17, 15) is 14.2 Å². The van der Waals surface area contributed by atoms with Gasteiger partial charge in [-0.3, -0.25) is 18.9 Å². The molecule has 214 valence electrons. The minimum absolute atomic E-state index is 0.0154. The highest BCUT2D eigenvalue weighted by Gasteiger charge is 2.28. The molecule has 15 heteroatoms. The van der Waals surface area contributed by atoms with Crippen molar-refractivity contribution in [2.24, 2.45) is 0 Å². The number of fused-ring (bicyclic) bond motifs is 1. The van der Waals surface area contributed by atoms with E-state index in [1.54, 1.807) is 28.8 Å². The lowest BCUT2D eigenvalue weighted by Crippen LogP contribution is -2.13. The van der Waals surface area contributed by atoms with E-state index in [0.717, 1.165) is 11.1 Å². The molecule has 0 aliphatic carbocycles. The first-order valence-corrected chi connectivity index (χ1v) is 14.4. The summed E-state index contributed by atoms with van der Waals surface area (Å²) in [5.41, 5.74) is 7.96. The number of imidazole rings is 1. The van der Waals surface area contributed by atoms with E-state index in [-0.39, 0.29) is 48.4 Å². The number of nitrogens with one attached hydrogen (secondary N) is 1. The number of halogens is 1. The van der Waals surface area contributed by atoms with Crippen LogP contribution in [0.4, 0.5) is 5.95 Å². The smallest absolute Gasteiger partial charge is 0.393 e. The van der Waals surface area contributed by atoms with Crippen LogP contribution in [0.3, 0.4) is 0 Å². The van der Waals surface area contributed by atoms with Gasteiger partial charge in [0, 0.05) is 17.1 Å². The second-order valence-electron chi connectivity index (χ2n) is 8.96. The van der Waals surface area contributed by atoms with Crippen LogP contribution in [0.1, 0.15) is 16.9 Å². The van der Waals surface area contributed by atoms with Crippen molar-refractivity contribution >= 4 is 36.3 Å². The first kappa shape index (κ1) is 28.5. The molecular formula is C26H25ClN5O8P. The molecule has 0 aliphatic rings. The summed E-state index contributed by atoms with van der Waals surface area (Å²) in [6, 6.07) is 14.0. The standard InChI is InChI=1S/C26H25ClN5O8P/c1-16-2-4-17(5-3-16)12-37-41(35,15-36-11-10-32-14-29-21-23(32)30-25(28)31-24(21)33)38-13-20-22(40-26(34)39-20)18-6-8-19(27)9-7-18/h2-9,14H,10-13,15H2,1H3,(H3,28,30,31,33). The van der Waals surface area contributed by atoms with Gasteiger partial charge in [-0.1, -0.05) is 41.4 Å². The fourth-order valence-electron chi connectivity index (χ4n) is 3.82. The van der Waals surface area contributed by atoms with Gasteiger partial charge in [0.2, 0.25) is 5.95 Å². The molecule has 0 amide bonds. The third kappa shape index (κ3) is 7.02. The Morgan fingerprint density at radius 3 is 2.54 bits per heavy atom. The summed E-state index contributed by atoms with van der Waals surface area (Å²) in [6.07, 6.45) is 1.01. The first-order valence-electron chi connectivity index (χ1n) is 12.3. The second-order valence-corrected chi connectivity index (χ2v) is 11.4. The maximum absolute atomic E-state index is 13.8. The monoisotopic (exact) mass is 601 g/mol. The zero-order valence-corrected chi connectivity index (χ0v) is 23.4. The Balaban J connectivity index is 1.29. The predicted molar refractivity (Wildman–Crippen MR) is 149 cm³/mol. The van der Waals surface area contributed by atoms with Crippen LogP contribution in [-0.4, -0.2) is 32.5 Å². The fourth-order valence-corrected chi connectivity index (χ4v) is 5.19. The average molecular weight is 602 g/mol. The number of aromatic amines is 1. The number of nitrogen functional groups attached to an aromatic ring is 1. The highest BCUT2D eigenvalue weighted by atomic mass is 35.5. The number of benzene rings is 2. The Hall–Kier alpha value is -4.00. The molecule has 2 aromatic carbocycles. The number of hydrogen-bond donors (Lipinski definition) is 2. The largest absolute Gasteiger partial charge is 0.519 e. The molecule has 13 nitrogen and oxygen atoms in total. The zero-order chi connectivity index (χ0) is 29.0. The van der Waals surface area contributed by atoms with Gasteiger partial charge >= 0.3 is 13.4 Å². The molecule has 5 aromatic rings. The zero-order valence-electron chi connectivity index (χ0n) is 21.7. The Morgan fingerprint density at radius 2 is 1.78 bits per heavy atom. The number of nitrogens with zero attached hydrogens (tertiary/aromatic N) is 3. The van der Waals surface area contributed by atoms with Crippen molar-refractivity contribution < 1.29 is 27.2 Å². The summed E-state index contributed by atoms with van der Waals surface area (Å²) in [6.45, 7) is 1.82. The van der Waals surface area contributed by atoms with E-state index in [4.69, 9.17) is 40.0 Å². The Kier molecular flexibility index (Phi) is 8.52. The van der Waals surface area contributed by atoms with Crippen molar-refractivity contribution in [3.8, 4) is 11.3 Å². The molecule has 5 rings (SSSR count). The lowest BCUT2D eigenvalue weighted by molar-refractivity contribution is 0.114. The van der Waals surface area contributed by atoms with Gasteiger partial charge < -0.3 is 28.4 Å². The van der Waals surface area contributed by atoms with Crippen molar-refractivity contribution in [1.82, 2.24) is 19.5 Å². The molecule has 1 atom stereocenters. The van der Waals surface area contributed by atoms with E-state index in [1.165, 1.54) is 6.33 Å². The van der Waals surface area contributed by atoms with Gasteiger partial charge in [-0.25, -0.2) is 9.78 Å². The summed E-state index contributed by atoms with van der Waals surface area (Å²) in [7, 11) is -3.90. The Bertz CT molecular complexity index is 1810. The molecule has 0 saturated heterocycles. The molecular weight excluding hydrogens is 577 g/mol. The minimum atomic E-state index is -3.90. The SMILES string of the molecule is Cc1ccc(COP(=O)(COCCn2cnc3c(=O)[nH]c(N)nc32)OCc2oc(=O)oc2-c2ccc(Cl)cc2)cc1. The average Bonchev–Trinajstić information content (AvgIpc) is 3.53. The van der Waals surface area contributed by atoms with Crippen LogP contribution in [0.5, 0.6) is 0 Å². The maximum atomic E-state index is 13.8. The third-order valence-electron chi connectivity index (χ3n) is 5.91. The van der Waals surface area contributed by atoms with Crippen molar-refractivity contribution in [3.63, 3.8) is 0 Å². The van der Waals surface area contributed by atoms with Crippen molar-refractivity contribution in [3.05, 3.63) is 97.7 Å². The van der Waals surface area contributed by atoms with E-state index in [1.807, 2.05) is 31.2 Å². The molecule has 0 radical (unpaired) electrons. The van der Waals surface area contributed by atoms with Crippen LogP contribution in [-0.2, 0) is 38.1 Å². The topological polar surface area (TPSA) is 178 Å². The molecule has 0 aliphatic heterocycles. The Morgan fingerprint density at radius 1 is 1.05 bits per heavy atom. The van der Waals surface area contributed by atoms with Crippen molar-refractivity contribution in [2.45, 2.75) is 26.7 Å². The molecule has 3 aromatic heterocycles. The van der Waals surface area contributed by atoms with Crippen molar-refractivity contribution in [2.75, 3.05) is 18.7 Å². The quantitative estimate of drug-likeness (QED) is 0.152. The third-order valence-corrected chi connectivity index (χ3v) is 7.71. The lowest BCUT2D eigenvalue weighted by atomic mass is 10.1. The Labute approximate surface area is 237 Å². The number of H-pyrrole nitrogens is 1. The first-order chi connectivity index (χ1) is 19.7. The lowest BCUT2D eigenvalue weighted by Gasteiger charge is -2.18. The number of ether oxygens (including phenoxy) is 1. The molecule has 0 fully saturated rings. The molecule has 1 unspecified atom stereocenters. The maximum Gasteiger partial charge on any atom is 0.519 e. The second kappa shape index (κ2) is 12.2. The van der Waals surface area contributed by atoms with Gasteiger partial charge in [-0.15, -0.1) is 0 Å². The number of anilines is 1. The normalized spacial score (nSPS) is 13.0. The van der Waals surface area contributed by atoms with Crippen molar-refractivity contribution in [1.29, 1.82) is 0 Å². The summed E-state index contributed by atoms with van der Waals surface area (Å²) in [5, 5.41) is 0.498. The van der Waals surface area contributed by atoms with E-state index in [2.05, 4.69) is 15.0 Å². The summed E-state index contributed by atoms with van der Waals surface area (Å²) in [4.78, 5) is 34.4. The van der Waals surface area contributed by atoms with Crippen LogP contribution >= 0.6 is 19.2 Å². The van der Waals surface area contributed by atoms with Gasteiger partial charge in [0.15, 0.2) is 22.7 Å². The molecule has 0 bridgehead atoms. The minimum Gasteiger partial charge on any atom is -0.393 e. The molecule has 3 N–H and O–H groups in total. The number of aromatic nitrogens is 4. The highest BCUT2D eigenvalue weighted by Crippen LogP contribution is 2.50. The van der Waals surface area contributed by atoms with Crippen LogP contribution in [0.25, 0.3) is 22.5 Å².